The topological polar surface area (TPSA) is 91.8 Å². The Morgan fingerprint density at radius 3 is 3.00 bits per heavy atom. The van der Waals surface area contributed by atoms with Crippen molar-refractivity contribution in [2.45, 2.75) is 6.54 Å². The van der Waals surface area contributed by atoms with Crippen LogP contribution in [0, 0.1) is 11.3 Å². The van der Waals surface area contributed by atoms with E-state index in [0.717, 1.165) is 0 Å². The number of rotatable bonds is 3. The minimum Gasteiger partial charge on any atom is -0.477 e. The van der Waals surface area contributed by atoms with Gasteiger partial charge in [0, 0.05) is 18.0 Å². The van der Waals surface area contributed by atoms with E-state index in [9.17, 15) is 4.79 Å². The molecule has 2 heterocycles. The SMILES string of the molecule is N#Cc1ncccc1Cn1nccc1C(=O)O. The normalized spacial score (nSPS) is 9.82. The van der Waals surface area contributed by atoms with Gasteiger partial charge < -0.3 is 5.11 Å². The van der Waals surface area contributed by atoms with Crippen LogP contribution in [0.25, 0.3) is 0 Å². The molecule has 0 aliphatic carbocycles. The highest BCUT2D eigenvalue weighted by Crippen LogP contribution is 2.08. The molecule has 0 fully saturated rings. The van der Waals surface area contributed by atoms with Gasteiger partial charge in [-0.1, -0.05) is 6.07 Å². The molecule has 0 amide bonds. The van der Waals surface area contributed by atoms with Gasteiger partial charge in [-0.25, -0.2) is 9.78 Å². The third-order valence-corrected chi connectivity index (χ3v) is 2.25. The van der Waals surface area contributed by atoms with Crippen molar-refractivity contribution in [2.75, 3.05) is 0 Å². The molecule has 0 saturated heterocycles. The molecule has 0 saturated carbocycles. The van der Waals surface area contributed by atoms with Crippen molar-refractivity contribution in [1.82, 2.24) is 14.8 Å². The summed E-state index contributed by atoms with van der Waals surface area (Å²) in [6, 6.07) is 6.78. The minimum atomic E-state index is -1.05. The predicted octanol–water partition coefficient (Wildman–Crippen LogP) is 0.896. The quantitative estimate of drug-likeness (QED) is 0.842. The second kappa shape index (κ2) is 4.45. The van der Waals surface area contributed by atoms with Gasteiger partial charge in [0.2, 0.25) is 0 Å². The molecule has 2 aromatic rings. The van der Waals surface area contributed by atoms with Crippen LogP contribution in [0.15, 0.2) is 30.6 Å². The van der Waals surface area contributed by atoms with Gasteiger partial charge in [0.05, 0.1) is 6.54 Å². The second-order valence-electron chi connectivity index (χ2n) is 3.30. The highest BCUT2D eigenvalue weighted by atomic mass is 16.4. The Hall–Kier alpha value is -2.68. The lowest BCUT2D eigenvalue weighted by Crippen LogP contribution is -2.12. The van der Waals surface area contributed by atoms with E-state index in [2.05, 4.69) is 10.1 Å². The van der Waals surface area contributed by atoms with Gasteiger partial charge in [0.1, 0.15) is 17.5 Å². The van der Waals surface area contributed by atoms with E-state index >= 15 is 0 Å². The van der Waals surface area contributed by atoms with Crippen LogP contribution in [-0.2, 0) is 6.54 Å². The number of aromatic nitrogens is 3. The van der Waals surface area contributed by atoms with Crippen molar-refractivity contribution in [3.05, 3.63) is 47.5 Å². The van der Waals surface area contributed by atoms with E-state index < -0.39 is 5.97 Å². The number of hydrogen-bond acceptors (Lipinski definition) is 4. The summed E-state index contributed by atoms with van der Waals surface area (Å²) in [4.78, 5) is 14.8. The van der Waals surface area contributed by atoms with Crippen LogP contribution < -0.4 is 0 Å². The maximum atomic E-state index is 10.9. The second-order valence-corrected chi connectivity index (χ2v) is 3.30. The third-order valence-electron chi connectivity index (χ3n) is 2.25. The lowest BCUT2D eigenvalue weighted by atomic mass is 10.2. The zero-order valence-corrected chi connectivity index (χ0v) is 8.74. The van der Waals surface area contributed by atoms with Gasteiger partial charge in [0.25, 0.3) is 0 Å². The van der Waals surface area contributed by atoms with Crippen molar-refractivity contribution in [2.24, 2.45) is 0 Å². The molecule has 0 spiro atoms. The molecule has 0 aliphatic rings. The molecule has 6 nitrogen and oxygen atoms in total. The highest BCUT2D eigenvalue weighted by molar-refractivity contribution is 5.85. The maximum absolute atomic E-state index is 10.9. The van der Waals surface area contributed by atoms with E-state index in [1.165, 1.54) is 23.1 Å². The Morgan fingerprint density at radius 2 is 2.29 bits per heavy atom. The average Bonchev–Trinajstić information content (AvgIpc) is 2.78. The summed E-state index contributed by atoms with van der Waals surface area (Å²) in [5.41, 5.74) is 0.998. The molecule has 2 rings (SSSR count). The van der Waals surface area contributed by atoms with Crippen molar-refractivity contribution >= 4 is 5.97 Å². The molecule has 6 heteroatoms. The van der Waals surface area contributed by atoms with E-state index in [4.69, 9.17) is 10.4 Å². The number of nitriles is 1. The molecule has 0 aliphatic heterocycles. The van der Waals surface area contributed by atoms with E-state index in [1.807, 2.05) is 6.07 Å². The lowest BCUT2D eigenvalue weighted by molar-refractivity contribution is 0.0684. The van der Waals surface area contributed by atoms with Crippen molar-refractivity contribution < 1.29 is 9.90 Å². The minimum absolute atomic E-state index is 0.0812. The fourth-order valence-electron chi connectivity index (χ4n) is 1.47. The summed E-state index contributed by atoms with van der Waals surface area (Å²) in [5, 5.41) is 21.7. The Bertz CT molecular complexity index is 598. The Balaban J connectivity index is 2.35. The Morgan fingerprint density at radius 1 is 1.47 bits per heavy atom. The summed E-state index contributed by atoms with van der Waals surface area (Å²) in [6.45, 7) is 0.214. The Labute approximate surface area is 96.8 Å². The summed E-state index contributed by atoms with van der Waals surface area (Å²) in [7, 11) is 0. The number of carboxylic acids is 1. The van der Waals surface area contributed by atoms with Gasteiger partial charge in [-0.15, -0.1) is 0 Å². The first-order valence-electron chi connectivity index (χ1n) is 4.81. The summed E-state index contributed by atoms with van der Waals surface area (Å²) in [5.74, 6) is -1.05. The molecule has 2 aromatic heterocycles. The lowest BCUT2D eigenvalue weighted by Gasteiger charge is -2.05. The number of hydrogen-bond donors (Lipinski definition) is 1. The number of pyridine rings is 1. The van der Waals surface area contributed by atoms with E-state index in [-0.39, 0.29) is 17.9 Å². The smallest absolute Gasteiger partial charge is 0.354 e. The first-order chi connectivity index (χ1) is 8.22. The van der Waals surface area contributed by atoms with Crippen molar-refractivity contribution in [3.63, 3.8) is 0 Å². The van der Waals surface area contributed by atoms with Crippen molar-refractivity contribution in [1.29, 1.82) is 5.26 Å². The number of carboxylic acid groups (broad SMARTS) is 1. The molecule has 17 heavy (non-hydrogen) atoms. The first-order valence-corrected chi connectivity index (χ1v) is 4.81. The van der Waals surface area contributed by atoms with Crippen LogP contribution in [0.5, 0.6) is 0 Å². The van der Waals surface area contributed by atoms with Gasteiger partial charge in [-0.05, 0) is 12.1 Å². The molecule has 0 radical (unpaired) electrons. The highest BCUT2D eigenvalue weighted by Gasteiger charge is 2.12. The van der Waals surface area contributed by atoms with Crippen LogP contribution in [-0.4, -0.2) is 25.8 Å². The Kier molecular flexibility index (Phi) is 2.83. The van der Waals surface area contributed by atoms with E-state index in [1.54, 1.807) is 12.1 Å². The molecular weight excluding hydrogens is 220 g/mol. The monoisotopic (exact) mass is 228 g/mol. The van der Waals surface area contributed by atoms with Crippen LogP contribution >= 0.6 is 0 Å². The van der Waals surface area contributed by atoms with Gasteiger partial charge >= 0.3 is 5.97 Å². The first kappa shape index (κ1) is 10.8. The predicted molar refractivity (Wildman–Crippen MR) is 57.2 cm³/mol. The molecule has 0 aromatic carbocycles. The average molecular weight is 228 g/mol. The number of nitrogens with zero attached hydrogens (tertiary/aromatic N) is 4. The van der Waals surface area contributed by atoms with Gasteiger partial charge in [-0.3, -0.25) is 4.68 Å². The fourth-order valence-corrected chi connectivity index (χ4v) is 1.47. The van der Waals surface area contributed by atoms with Gasteiger partial charge in [0.15, 0.2) is 0 Å². The van der Waals surface area contributed by atoms with Crippen LogP contribution in [0.4, 0.5) is 0 Å². The summed E-state index contributed by atoms with van der Waals surface area (Å²) >= 11 is 0. The third kappa shape index (κ3) is 2.13. The van der Waals surface area contributed by atoms with Crippen molar-refractivity contribution in [3.8, 4) is 6.07 Å². The zero-order valence-electron chi connectivity index (χ0n) is 8.74. The standard InChI is InChI=1S/C11H8N4O2/c12-6-9-8(2-1-4-13-9)7-15-10(11(16)17)3-5-14-15/h1-5H,7H2,(H,16,17). The number of aromatic carboxylic acids is 1. The molecule has 1 N–H and O–H groups in total. The molecule has 84 valence electrons. The fraction of sp³-hybridized carbons (Fsp3) is 0.0909. The largest absolute Gasteiger partial charge is 0.477 e. The van der Waals surface area contributed by atoms with E-state index in [0.29, 0.717) is 5.56 Å². The van der Waals surface area contributed by atoms with Crippen LogP contribution in [0.3, 0.4) is 0 Å². The van der Waals surface area contributed by atoms with Crippen LogP contribution in [0.1, 0.15) is 21.7 Å². The maximum Gasteiger partial charge on any atom is 0.354 e. The number of carbonyl (C=O) groups is 1. The van der Waals surface area contributed by atoms with Crippen LogP contribution in [0.2, 0.25) is 0 Å². The molecule has 0 atom stereocenters. The molecule has 0 bridgehead atoms. The molecular formula is C11H8N4O2. The summed E-state index contributed by atoms with van der Waals surface area (Å²) < 4.78 is 1.32. The summed E-state index contributed by atoms with van der Waals surface area (Å²) in [6.07, 6.45) is 2.93. The molecule has 0 unspecified atom stereocenters. The van der Waals surface area contributed by atoms with Gasteiger partial charge in [-0.2, -0.15) is 10.4 Å². The zero-order chi connectivity index (χ0) is 12.3.